The van der Waals surface area contributed by atoms with E-state index < -0.39 is 17.2 Å². The van der Waals surface area contributed by atoms with Crippen molar-refractivity contribution in [2.24, 2.45) is 5.41 Å². The number of anilines is 3. The summed E-state index contributed by atoms with van der Waals surface area (Å²) in [5.74, 6) is -0.891. The van der Waals surface area contributed by atoms with Gasteiger partial charge in [0, 0.05) is 24.5 Å². The quantitative estimate of drug-likeness (QED) is 0.687. The molecule has 0 saturated heterocycles. The molecule has 0 fully saturated rings. The van der Waals surface area contributed by atoms with Crippen molar-refractivity contribution in [3.8, 4) is 6.07 Å². The smallest absolute Gasteiger partial charge is 0.239 e. The molecule has 0 bridgehead atoms. The summed E-state index contributed by atoms with van der Waals surface area (Å²) in [6.45, 7) is 11.1. The van der Waals surface area contributed by atoms with Gasteiger partial charge in [-0.1, -0.05) is 12.1 Å². The van der Waals surface area contributed by atoms with E-state index in [4.69, 9.17) is 0 Å². The first-order valence-corrected chi connectivity index (χ1v) is 9.72. The SMILES string of the molecule is CCN(CC)c1ccc(NC(=O)C(C)(C)C(=O)Nc2ccccc2C#N)c(C)c1. The van der Waals surface area contributed by atoms with Crippen LogP contribution in [0.5, 0.6) is 0 Å². The molecular formula is C23H28N4O2. The summed E-state index contributed by atoms with van der Waals surface area (Å²) in [7, 11) is 0. The van der Waals surface area contributed by atoms with E-state index in [-0.39, 0.29) is 0 Å². The molecule has 0 aliphatic carbocycles. The summed E-state index contributed by atoms with van der Waals surface area (Å²) in [6, 6.07) is 14.6. The van der Waals surface area contributed by atoms with Crippen molar-refractivity contribution in [2.75, 3.05) is 28.6 Å². The Morgan fingerprint density at radius 1 is 1.00 bits per heavy atom. The molecule has 2 aromatic carbocycles. The van der Waals surface area contributed by atoms with Crippen molar-refractivity contribution in [2.45, 2.75) is 34.6 Å². The summed E-state index contributed by atoms with van der Waals surface area (Å²) in [5, 5.41) is 14.7. The van der Waals surface area contributed by atoms with Gasteiger partial charge in [-0.25, -0.2) is 0 Å². The topological polar surface area (TPSA) is 85.2 Å². The minimum atomic E-state index is -1.33. The lowest BCUT2D eigenvalue weighted by Gasteiger charge is -2.25. The van der Waals surface area contributed by atoms with E-state index in [9.17, 15) is 14.9 Å². The molecule has 0 aliphatic heterocycles. The molecule has 0 radical (unpaired) electrons. The Labute approximate surface area is 172 Å². The summed E-state index contributed by atoms with van der Waals surface area (Å²) in [4.78, 5) is 27.8. The van der Waals surface area contributed by atoms with Gasteiger partial charge in [0.15, 0.2) is 0 Å². The second-order valence-corrected chi connectivity index (χ2v) is 7.36. The van der Waals surface area contributed by atoms with Crippen LogP contribution in [-0.4, -0.2) is 24.9 Å². The molecule has 0 heterocycles. The average Bonchev–Trinajstić information content (AvgIpc) is 2.71. The summed E-state index contributed by atoms with van der Waals surface area (Å²) in [5.41, 5.74) is 2.10. The van der Waals surface area contributed by atoms with Crippen LogP contribution in [0.4, 0.5) is 17.1 Å². The molecule has 0 unspecified atom stereocenters. The molecule has 2 N–H and O–H groups in total. The van der Waals surface area contributed by atoms with Crippen LogP contribution in [0.15, 0.2) is 42.5 Å². The first-order valence-electron chi connectivity index (χ1n) is 9.72. The third-order valence-corrected chi connectivity index (χ3v) is 5.02. The van der Waals surface area contributed by atoms with Crippen LogP contribution in [0.1, 0.15) is 38.8 Å². The van der Waals surface area contributed by atoms with Gasteiger partial charge in [-0.15, -0.1) is 0 Å². The predicted molar refractivity (Wildman–Crippen MR) is 117 cm³/mol. The Bertz CT molecular complexity index is 940. The lowest BCUT2D eigenvalue weighted by atomic mass is 9.90. The minimum absolute atomic E-state index is 0.347. The third kappa shape index (κ3) is 4.94. The van der Waals surface area contributed by atoms with Gasteiger partial charge < -0.3 is 15.5 Å². The zero-order valence-corrected chi connectivity index (χ0v) is 17.7. The Morgan fingerprint density at radius 3 is 2.14 bits per heavy atom. The van der Waals surface area contributed by atoms with Gasteiger partial charge in [-0.2, -0.15) is 5.26 Å². The first-order chi connectivity index (χ1) is 13.7. The fraction of sp³-hybridized carbons (Fsp3) is 0.348. The van der Waals surface area contributed by atoms with E-state index in [2.05, 4.69) is 29.4 Å². The van der Waals surface area contributed by atoms with Crippen molar-refractivity contribution in [1.29, 1.82) is 5.26 Å². The van der Waals surface area contributed by atoms with Gasteiger partial charge >= 0.3 is 0 Å². The Kier molecular flexibility index (Phi) is 7.00. The molecule has 6 heteroatoms. The standard InChI is InChI=1S/C23H28N4O2/c1-6-27(7-2)18-12-13-19(16(3)14-18)25-21(28)23(4,5)22(29)26-20-11-9-8-10-17(20)15-24/h8-14H,6-7H2,1-5H3,(H,25,28)(H,26,29). The van der Waals surface area contributed by atoms with E-state index in [0.29, 0.717) is 16.9 Å². The fourth-order valence-electron chi connectivity index (χ4n) is 2.92. The number of hydrogen-bond donors (Lipinski definition) is 2. The highest BCUT2D eigenvalue weighted by Crippen LogP contribution is 2.26. The number of nitrogens with one attached hydrogen (secondary N) is 2. The van der Waals surface area contributed by atoms with Crippen LogP contribution in [-0.2, 0) is 9.59 Å². The van der Waals surface area contributed by atoms with E-state index >= 15 is 0 Å². The van der Waals surface area contributed by atoms with Crippen molar-refractivity contribution in [3.05, 3.63) is 53.6 Å². The normalized spacial score (nSPS) is 10.8. The second kappa shape index (κ2) is 9.24. The molecular weight excluding hydrogens is 364 g/mol. The molecule has 29 heavy (non-hydrogen) atoms. The number of amides is 2. The zero-order valence-electron chi connectivity index (χ0n) is 17.7. The number of nitriles is 1. The fourth-order valence-corrected chi connectivity index (χ4v) is 2.92. The van der Waals surface area contributed by atoms with Gasteiger partial charge in [0.1, 0.15) is 11.5 Å². The predicted octanol–water partition coefficient (Wildman–Crippen LogP) is 4.32. The first kappa shape index (κ1) is 22.0. The van der Waals surface area contributed by atoms with Gasteiger partial charge in [-0.3, -0.25) is 9.59 Å². The Hall–Kier alpha value is -3.33. The Morgan fingerprint density at radius 2 is 1.59 bits per heavy atom. The maximum absolute atomic E-state index is 12.9. The summed E-state index contributed by atoms with van der Waals surface area (Å²) < 4.78 is 0. The molecule has 0 saturated carbocycles. The maximum Gasteiger partial charge on any atom is 0.239 e. The summed E-state index contributed by atoms with van der Waals surface area (Å²) in [6.07, 6.45) is 0. The number of carbonyl (C=O) groups excluding carboxylic acids is 2. The number of rotatable bonds is 7. The van der Waals surface area contributed by atoms with Crippen molar-refractivity contribution >= 4 is 28.9 Å². The van der Waals surface area contributed by atoms with Crippen LogP contribution in [0.2, 0.25) is 0 Å². The molecule has 0 spiro atoms. The van der Waals surface area contributed by atoms with Gasteiger partial charge in [0.25, 0.3) is 0 Å². The van der Waals surface area contributed by atoms with Gasteiger partial charge in [-0.05, 0) is 70.5 Å². The molecule has 2 rings (SSSR count). The minimum Gasteiger partial charge on any atom is -0.372 e. The van der Waals surface area contributed by atoms with Crippen LogP contribution >= 0.6 is 0 Å². The van der Waals surface area contributed by atoms with E-state index in [1.54, 1.807) is 38.1 Å². The van der Waals surface area contributed by atoms with Crippen LogP contribution in [0, 0.1) is 23.7 Å². The second-order valence-electron chi connectivity index (χ2n) is 7.36. The molecule has 6 nitrogen and oxygen atoms in total. The molecule has 0 atom stereocenters. The molecule has 0 aromatic heterocycles. The third-order valence-electron chi connectivity index (χ3n) is 5.02. The maximum atomic E-state index is 12.9. The highest BCUT2D eigenvalue weighted by atomic mass is 16.2. The van der Waals surface area contributed by atoms with Gasteiger partial charge in [0.2, 0.25) is 11.8 Å². The Balaban J connectivity index is 2.16. The molecule has 152 valence electrons. The van der Waals surface area contributed by atoms with E-state index in [1.165, 1.54) is 0 Å². The lowest BCUT2D eigenvalue weighted by Crippen LogP contribution is -2.41. The van der Waals surface area contributed by atoms with Gasteiger partial charge in [0.05, 0.1) is 11.3 Å². The molecule has 0 aliphatic rings. The number of carbonyl (C=O) groups is 2. The highest BCUT2D eigenvalue weighted by molar-refractivity contribution is 6.14. The van der Waals surface area contributed by atoms with E-state index in [0.717, 1.165) is 24.3 Å². The van der Waals surface area contributed by atoms with Crippen LogP contribution in [0.3, 0.4) is 0 Å². The summed E-state index contributed by atoms with van der Waals surface area (Å²) >= 11 is 0. The van der Waals surface area contributed by atoms with Crippen LogP contribution in [0.25, 0.3) is 0 Å². The lowest BCUT2D eigenvalue weighted by molar-refractivity contribution is -0.135. The number of benzene rings is 2. The van der Waals surface area contributed by atoms with E-state index in [1.807, 2.05) is 31.2 Å². The molecule has 2 aromatic rings. The van der Waals surface area contributed by atoms with Crippen molar-refractivity contribution < 1.29 is 9.59 Å². The average molecular weight is 393 g/mol. The number of hydrogen-bond acceptors (Lipinski definition) is 4. The molecule has 2 amide bonds. The largest absolute Gasteiger partial charge is 0.372 e. The van der Waals surface area contributed by atoms with Crippen LogP contribution < -0.4 is 15.5 Å². The highest BCUT2D eigenvalue weighted by Gasteiger charge is 2.36. The number of aryl methyl sites for hydroxylation is 1. The number of nitrogens with zero attached hydrogens (tertiary/aromatic N) is 2. The monoisotopic (exact) mass is 392 g/mol. The van der Waals surface area contributed by atoms with Crippen molar-refractivity contribution in [1.82, 2.24) is 0 Å². The van der Waals surface area contributed by atoms with Crippen molar-refractivity contribution in [3.63, 3.8) is 0 Å². The zero-order chi connectivity index (χ0) is 21.6. The number of para-hydroxylation sites is 1.